The van der Waals surface area contributed by atoms with Gasteiger partial charge in [-0.1, -0.05) is 24.3 Å². The fourth-order valence-corrected chi connectivity index (χ4v) is 5.16. The monoisotopic (exact) mass is 422 g/mol. The second-order valence-electron chi connectivity index (χ2n) is 7.83. The highest BCUT2D eigenvalue weighted by Gasteiger charge is 2.46. The molecule has 8 heteroatoms. The van der Waals surface area contributed by atoms with Crippen molar-refractivity contribution in [3.8, 4) is 5.75 Å². The van der Waals surface area contributed by atoms with Crippen LogP contribution in [-0.2, 0) is 22.6 Å². The summed E-state index contributed by atoms with van der Waals surface area (Å²) >= 11 is 1.66. The molecule has 2 saturated heterocycles. The van der Waals surface area contributed by atoms with Crippen molar-refractivity contribution in [1.82, 2.24) is 20.5 Å². The lowest BCUT2D eigenvalue weighted by molar-refractivity contribution is -0.147. The number of phenols is 1. The van der Waals surface area contributed by atoms with Gasteiger partial charge in [0.15, 0.2) is 0 Å². The third-order valence-electron chi connectivity index (χ3n) is 5.76. The molecule has 0 spiro atoms. The van der Waals surface area contributed by atoms with Crippen LogP contribution in [0.15, 0.2) is 48.5 Å². The number of aromatic hydroxyl groups is 1. The maximum absolute atomic E-state index is 13.0. The topological polar surface area (TPSA) is 94.6 Å². The number of hydrogen-bond donors (Lipinski definition) is 3. The maximum Gasteiger partial charge on any atom is 0.246 e. The summed E-state index contributed by atoms with van der Waals surface area (Å²) in [5.41, 5.74) is 1.89. The quantitative estimate of drug-likeness (QED) is 0.583. The standard InChI is InChI=1S/C22H22N4O3S/c27-15-7-5-13(6-8-15)9-17-22(29)26-12-14(10-18(26)21(28)25-17)23-11-20-24-16-3-1-2-4-19(16)30-20/h1-8,14,17-18,23,27H,9-12H2,(H,25,28)/t14-,17+,18-/m0/s1. The Hall–Kier alpha value is -2.97. The van der Waals surface area contributed by atoms with Crippen LogP contribution in [-0.4, -0.2) is 51.5 Å². The first kappa shape index (κ1) is 19.0. The minimum atomic E-state index is -0.568. The second-order valence-corrected chi connectivity index (χ2v) is 8.94. The molecule has 3 heterocycles. The maximum atomic E-state index is 13.0. The Morgan fingerprint density at radius 3 is 2.77 bits per heavy atom. The molecule has 3 N–H and O–H groups in total. The number of fused-ring (bicyclic) bond motifs is 2. The molecule has 0 radical (unpaired) electrons. The van der Waals surface area contributed by atoms with Crippen molar-refractivity contribution in [2.75, 3.05) is 6.54 Å². The third kappa shape index (κ3) is 3.64. The minimum Gasteiger partial charge on any atom is -0.508 e. The molecule has 7 nitrogen and oxygen atoms in total. The molecule has 5 rings (SSSR count). The molecule has 0 unspecified atom stereocenters. The van der Waals surface area contributed by atoms with Gasteiger partial charge in [-0.05, 0) is 36.2 Å². The van der Waals surface area contributed by atoms with E-state index in [2.05, 4.69) is 21.7 Å². The average molecular weight is 423 g/mol. The lowest BCUT2D eigenvalue weighted by atomic mass is 10.0. The van der Waals surface area contributed by atoms with E-state index in [1.807, 2.05) is 18.2 Å². The van der Waals surface area contributed by atoms with Gasteiger partial charge < -0.3 is 20.6 Å². The fourth-order valence-electron chi connectivity index (χ4n) is 4.24. The first-order valence-electron chi connectivity index (χ1n) is 10.0. The number of hydrogen-bond acceptors (Lipinski definition) is 6. The van der Waals surface area contributed by atoms with Crippen LogP contribution in [0.3, 0.4) is 0 Å². The Kier molecular flexibility index (Phi) is 4.88. The predicted molar refractivity (Wildman–Crippen MR) is 114 cm³/mol. The Balaban J connectivity index is 1.23. The van der Waals surface area contributed by atoms with Crippen LogP contribution in [0, 0.1) is 0 Å². The summed E-state index contributed by atoms with van der Waals surface area (Å²) in [5.74, 6) is 0.0408. The summed E-state index contributed by atoms with van der Waals surface area (Å²) < 4.78 is 1.16. The number of para-hydroxylation sites is 1. The van der Waals surface area contributed by atoms with Crippen LogP contribution in [0.25, 0.3) is 10.2 Å². The van der Waals surface area contributed by atoms with Crippen LogP contribution < -0.4 is 10.6 Å². The summed E-state index contributed by atoms with van der Waals surface area (Å²) in [6.07, 6.45) is 1.02. The van der Waals surface area contributed by atoms with Gasteiger partial charge in [0.2, 0.25) is 11.8 Å². The fraction of sp³-hybridized carbons (Fsp3) is 0.318. The van der Waals surface area contributed by atoms with Gasteiger partial charge in [-0.3, -0.25) is 9.59 Å². The van der Waals surface area contributed by atoms with E-state index < -0.39 is 12.1 Å². The Bertz CT molecular complexity index is 1060. The average Bonchev–Trinajstić information content (AvgIpc) is 3.36. The highest BCUT2D eigenvalue weighted by molar-refractivity contribution is 7.18. The molecule has 2 aromatic carbocycles. The molecular formula is C22H22N4O3S. The summed E-state index contributed by atoms with van der Waals surface area (Å²) in [7, 11) is 0. The molecule has 2 fully saturated rings. The number of nitrogens with one attached hydrogen (secondary N) is 2. The van der Waals surface area contributed by atoms with Gasteiger partial charge in [0.05, 0.1) is 10.2 Å². The van der Waals surface area contributed by atoms with Gasteiger partial charge in [-0.25, -0.2) is 4.98 Å². The highest BCUT2D eigenvalue weighted by Crippen LogP contribution is 2.26. The van der Waals surface area contributed by atoms with Gasteiger partial charge in [0.1, 0.15) is 22.8 Å². The van der Waals surface area contributed by atoms with Crippen molar-refractivity contribution in [2.24, 2.45) is 0 Å². The molecule has 3 atom stereocenters. The number of piperazine rings is 1. The molecule has 2 amide bonds. The van der Waals surface area contributed by atoms with Crippen molar-refractivity contribution in [1.29, 1.82) is 0 Å². The lowest BCUT2D eigenvalue weighted by Gasteiger charge is -2.34. The molecule has 0 saturated carbocycles. The first-order valence-corrected chi connectivity index (χ1v) is 10.8. The summed E-state index contributed by atoms with van der Waals surface area (Å²) in [5, 5.41) is 16.8. The van der Waals surface area contributed by atoms with Gasteiger partial charge in [-0.15, -0.1) is 11.3 Å². The molecule has 30 heavy (non-hydrogen) atoms. The van der Waals surface area contributed by atoms with Gasteiger partial charge in [0.25, 0.3) is 0 Å². The number of nitrogens with zero attached hydrogens (tertiary/aromatic N) is 2. The predicted octanol–water partition coefficient (Wildman–Crippen LogP) is 1.80. The van der Waals surface area contributed by atoms with Crippen molar-refractivity contribution in [3.63, 3.8) is 0 Å². The van der Waals surface area contributed by atoms with Gasteiger partial charge >= 0.3 is 0 Å². The number of carbonyl (C=O) groups is 2. The van der Waals surface area contributed by atoms with Crippen LogP contribution in [0.4, 0.5) is 0 Å². The highest BCUT2D eigenvalue weighted by atomic mass is 32.1. The van der Waals surface area contributed by atoms with Crippen molar-refractivity contribution >= 4 is 33.4 Å². The van der Waals surface area contributed by atoms with E-state index in [-0.39, 0.29) is 23.6 Å². The van der Waals surface area contributed by atoms with E-state index >= 15 is 0 Å². The number of rotatable bonds is 5. The smallest absolute Gasteiger partial charge is 0.246 e. The second kappa shape index (κ2) is 7.70. The number of amides is 2. The Morgan fingerprint density at radius 1 is 1.17 bits per heavy atom. The van der Waals surface area contributed by atoms with Crippen LogP contribution >= 0.6 is 11.3 Å². The van der Waals surface area contributed by atoms with E-state index in [1.165, 1.54) is 0 Å². The van der Waals surface area contributed by atoms with Crippen LogP contribution in [0.5, 0.6) is 5.75 Å². The molecular weight excluding hydrogens is 400 g/mol. The van der Waals surface area contributed by atoms with Gasteiger partial charge in [-0.2, -0.15) is 0 Å². The molecule has 2 aliphatic rings. The minimum absolute atomic E-state index is 0.0445. The summed E-state index contributed by atoms with van der Waals surface area (Å²) in [4.78, 5) is 32.0. The van der Waals surface area contributed by atoms with E-state index in [0.717, 1.165) is 20.8 Å². The molecule has 154 valence electrons. The molecule has 3 aromatic rings. The zero-order valence-corrected chi connectivity index (χ0v) is 17.1. The number of aromatic nitrogens is 1. The SMILES string of the molecule is O=C1N[C@H](Cc2ccc(O)cc2)C(=O)N2C[C@@H](NCc3nc4ccccc4s3)C[C@@H]12. The van der Waals surface area contributed by atoms with Crippen LogP contribution in [0.2, 0.25) is 0 Å². The lowest BCUT2D eigenvalue weighted by Crippen LogP contribution is -2.61. The first-order chi connectivity index (χ1) is 14.6. The molecule has 0 bridgehead atoms. The molecule has 1 aromatic heterocycles. The Morgan fingerprint density at radius 2 is 1.97 bits per heavy atom. The zero-order chi connectivity index (χ0) is 20.7. The molecule has 2 aliphatic heterocycles. The zero-order valence-electron chi connectivity index (χ0n) is 16.2. The summed E-state index contributed by atoms with van der Waals surface area (Å²) in [6, 6.07) is 13.8. The number of phenolic OH excluding ortho intramolecular Hbond substituents is 1. The van der Waals surface area contributed by atoms with Crippen molar-refractivity contribution < 1.29 is 14.7 Å². The number of thiazole rings is 1. The van der Waals surface area contributed by atoms with Crippen LogP contribution in [0.1, 0.15) is 17.0 Å². The molecule has 0 aliphatic carbocycles. The van der Waals surface area contributed by atoms with Gasteiger partial charge in [0, 0.05) is 25.6 Å². The van der Waals surface area contributed by atoms with E-state index in [9.17, 15) is 14.7 Å². The van der Waals surface area contributed by atoms with E-state index in [0.29, 0.717) is 25.9 Å². The number of benzene rings is 2. The summed E-state index contributed by atoms with van der Waals surface area (Å²) in [6.45, 7) is 1.14. The van der Waals surface area contributed by atoms with Crippen molar-refractivity contribution in [3.05, 3.63) is 59.1 Å². The van der Waals surface area contributed by atoms with Crippen molar-refractivity contribution in [2.45, 2.75) is 37.5 Å². The Labute approximate surface area is 177 Å². The number of carbonyl (C=O) groups excluding carboxylic acids is 2. The largest absolute Gasteiger partial charge is 0.508 e. The normalized spacial score (nSPS) is 23.6. The van der Waals surface area contributed by atoms with E-state index in [1.54, 1.807) is 40.5 Å². The third-order valence-corrected chi connectivity index (χ3v) is 6.79. The van der Waals surface area contributed by atoms with E-state index in [4.69, 9.17) is 0 Å².